The van der Waals surface area contributed by atoms with E-state index in [9.17, 15) is 13.6 Å². The first-order valence-electron chi connectivity index (χ1n) is 5.55. The van der Waals surface area contributed by atoms with Crippen molar-refractivity contribution in [1.82, 2.24) is 0 Å². The van der Waals surface area contributed by atoms with E-state index in [1.54, 1.807) is 0 Å². The molecule has 5 fully saturated rings. The molecule has 74 valence electrons. The summed E-state index contributed by atoms with van der Waals surface area (Å²) in [6.45, 7) is 0. The second kappa shape index (κ2) is 1.48. The Bertz CT molecular complexity index is 391. The molecule has 0 aromatic rings. The lowest BCUT2D eigenvalue weighted by Crippen LogP contribution is -2.53. The van der Waals surface area contributed by atoms with Crippen LogP contribution in [0.2, 0.25) is 0 Å². The molecule has 0 heterocycles. The van der Waals surface area contributed by atoms with E-state index < -0.39 is 17.8 Å². The first-order valence-corrected chi connectivity index (χ1v) is 5.55. The minimum absolute atomic E-state index is 0.214. The van der Waals surface area contributed by atoms with E-state index >= 15 is 0 Å². The highest BCUT2D eigenvalue weighted by Gasteiger charge is 2.89. The summed E-state index contributed by atoms with van der Waals surface area (Å²) in [5.41, 5.74) is 0. The highest BCUT2D eigenvalue weighted by molar-refractivity contribution is 5.91. The fourth-order valence-corrected chi connectivity index (χ4v) is 6.07. The molecule has 3 heteroatoms. The number of rotatable bonds is 0. The molecule has 0 aliphatic heterocycles. The van der Waals surface area contributed by atoms with Crippen molar-refractivity contribution in [3.63, 3.8) is 0 Å². The largest absolute Gasteiger partial charge is 0.299 e. The molecular weight excluding hydrogens is 186 g/mol. The molecule has 8 atom stereocenters. The van der Waals surface area contributed by atoms with Gasteiger partial charge >= 0.3 is 0 Å². The van der Waals surface area contributed by atoms with Gasteiger partial charge in [0.15, 0.2) is 0 Å². The van der Waals surface area contributed by atoms with Crippen LogP contribution in [-0.4, -0.2) is 11.7 Å². The van der Waals surface area contributed by atoms with E-state index in [0.717, 1.165) is 6.42 Å². The van der Waals surface area contributed by atoms with Gasteiger partial charge in [-0.2, -0.15) is 0 Å². The van der Waals surface area contributed by atoms with Gasteiger partial charge in [0.05, 0.1) is 0 Å². The van der Waals surface area contributed by atoms with Crippen LogP contribution < -0.4 is 0 Å². The van der Waals surface area contributed by atoms with E-state index in [0.29, 0.717) is 11.8 Å². The van der Waals surface area contributed by atoms with Crippen molar-refractivity contribution in [3.05, 3.63) is 0 Å². The second-order valence-electron chi connectivity index (χ2n) is 5.90. The Morgan fingerprint density at radius 2 is 1.86 bits per heavy atom. The van der Waals surface area contributed by atoms with Crippen LogP contribution in [0.25, 0.3) is 0 Å². The molecule has 5 aliphatic rings. The van der Waals surface area contributed by atoms with Gasteiger partial charge in [0.1, 0.15) is 5.78 Å². The number of hydrogen-bond acceptors (Lipinski definition) is 1. The molecule has 0 aromatic carbocycles. The van der Waals surface area contributed by atoms with Crippen molar-refractivity contribution in [1.29, 1.82) is 0 Å². The number of ketones is 1. The van der Waals surface area contributed by atoms with E-state index in [1.165, 1.54) is 0 Å². The average Bonchev–Trinajstić information content (AvgIpc) is 2.52. The summed E-state index contributed by atoms with van der Waals surface area (Å²) in [7, 11) is 0. The maximum atomic E-state index is 13.9. The molecule has 2 bridgehead atoms. The molecule has 8 unspecified atom stereocenters. The summed E-state index contributed by atoms with van der Waals surface area (Å²) < 4.78 is 27.8. The van der Waals surface area contributed by atoms with Crippen molar-refractivity contribution in [2.24, 2.45) is 47.3 Å². The fourth-order valence-electron chi connectivity index (χ4n) is 6.07. The predicted octanol–water partition coefficient (Wildman–Crippen LogP) is 1.58. The molecule has 0 saturated heterocycles. The van der Waals surface area contributed by atoms with Gasteiger partial charge in [-0.05, 0) is 30.1 Å². The Balaban J connectivity index is 1.87. The number of hydrogen-bond donors (Lipinski definition) is 0. The smallest absolute Gasteiger partial charge is 0.255 e. The highest BCUT2D eigenvalue weighted by Crippen LogP contribution is 2.85. The molecule has 5 rings (SSSR count). The van der Waals surface area contributed by atoms with Gasteiger partial charge in [0.25, 0.3) is 5.92 Å². The van der Waals surface area contributed by atoms with Crippen LogP contribution in [0.3, 0.4) is 0 Å². The van der Waals surface area contributed by atoms with Gasteiger partial charge in [-0.15, -0.1) is 0 Å². The molecule has 5 aliphatic carbocycles. The third kappa shape index (κ3) is 0.361. The van der Waals surface area contributed by atoms with Gasteiger partial charge in [-0.3, -0.25) is 4.79 Å². The quantitative estimate of drug-likeness (QED) is 0.575. The van der Waals surface area contributed by atoms with Crippen molar-refractivity contribution in [3.8, 4) is 0 Å². The fraction of sp³-hybridized carbons (Fsp3) is 0.909. The number of halogens is 2. The molecule has 1 nitrogen and oxygen atoms in total. The Hall–Kier alpha value is -0.470. The summed E-state index contributed by atoms with van der Waals surface area (Å²) >= 11 is 0. The van der Waals surface area contributed by atoms with Crippen molar-refractivity contribution >= 4 is 5.78 Å². The molecule has 0 spiro atoms. The maximum absolute atomic E-state index is 13.9. The van der Waals surface area contributed by atoms with E-state index in [-0.39, 0.29) is 29.5 Å². The number of alkyl halides is 2. The van der Waals surface area contributed by atoms with Crippen LogP contribution in [-0.2, 0) is 4.79 Å². The molecule has 14 heavy (non-hydrogen) atoms. The van der Waals surface area contributed by atoms with Crippen LogP contribution >= 0.6 is 0 Å². The van der Waals surface area contributed by atoms with E-state index in [2.05, 4.69) is 0 Å². The first-order chi connectivity index (χ1) is 6.64. The Kier molecular flexibility index (Phi) is 0.732. The number of carbonyl (C=O) groups excluding carboxylic acids is 1. The zero-order valence-electron chi connectivity index (χ0n) is 7.49. The zero-order valence-corrected chi connectivity index (χ0v) is 7.49. The van der Waals surface area contributed by atoms with Crippen molar-refractivity contribution in [2.75, 3.05) is 0 Å². The van der Waals surface area contributed by atoms with Gasteiger partial charge < -0.3 is 0 Å². The normalized spacial score (nSPS) is 73.4. The van der Waals surface area contributed by atoms with Crippen molar-refractivity contribution < 1.29 is 13.6 Å². The number of Topliss-reactive ketones (excluding diaryl/α,β-unsaturated/α-hetero) is 1. The van der Waals surface area contributed by atoms with E-state index in [1.807, 2.05) is 0 Å². The summed E-state index contributed by atoms with van der Waals surface area (Å²) in [6.07, 6.45) is 0.943. The lowest BCUT2D eigenvalue weighted by Gasteiger charge is -2.45. The van der Waals surface area contributed by atoms with Gasteiger partial charge in [-0.25, -0.2) is 8.78 Å². The summed E-state index contributed by atoms with van der Waals surface area (Å²) in [5.74, 6) is -2.54. The molecule has 0 aromatic heterocycles. The first kappa shape index (κ1) is 6.91. The van der Waals surface area contributed by atoms with Crippen LogP contribution in [0.4, 0.5) is 8.78 Å². The predicted molar refractivity (Wildman–Crippen MR) is 42.5 cm³/mol. The summed E-state index contributed by atoms with van der Waals surface area (Å²) in [5, 5.41) is 0. The molecule has 5 saturated carbocycles. The van der Waals surface area contributed by atoms with Gasteiger partial charge in [-0.1, -0.05) is 0 Å². The van der Waals surface area contributed by atoms with Gasteiger partial charge in [0.2, 0.25) is 0 Å². The lowest BCUT2D eigenvalue weighted by atomic mass is 9.59. The SMILES string of the molecule is O=C1C2C3CC4C5C3C1C5C(F)(F)C42. The Labute approximate surface area is 79.9 Å². The standard InChI is InChI=1S/C11H10F2O/c12-11(13)8-3-1-2-4-5(3)9(11)7(4)10(14)6(2)8/h2-9H,1H2. The van der Waals surface area contributed by atoms with Crippen molar-refractivity contribution in [2.45, 2.75) is 12.3 Å². The average molecular weight is 196 g/mol. The van der Waals surface area contributed by atoms with Crippen LogP contribution in [0, 0.1) is 47.3 Å². The zero-order chi connectivity index (χ0) is 9.40. The number of fused-ring (bicyclic) bond motifs is 2. The third-order valence-electron chi connectivity index (χ3n) is 6.05. The third-order valence-corrected chi connectivity index (χ3v) is 6.05. The monoisotopic (exact) mass is 196 g/mol. The summed E-state index contributed by atoms with van der Waals surface area (Å²) in [6, 6.07) is 0. The topological polar surface area (TPSA) is 17.1 Å². The Morgan fingerprint density at radius 3 is 2.64 bits per heavy atom. The van der Waals surface area contributed by atoms with Crippen LogP contribution in [0.1, 0.15) is 6.42 Å². The van der Waals surface area contributed by atoms with Crippen LogP contribution in [0.15, 0.2) is 0 Å². The Morgan fingerprint density at radius 1 is 1.07 bits per heavy atom. The molecule has 0 N–H and O–H groups in total. The molecule has 0 radical (unpaired) electrons. The van der Waals surface area contributed by atoms with Gasteiger partial charge in [0, 0.05) is 23.7 Å². The maximum Gasteiger partial charge on any atom is 0.255 e. The summed E-state index contributed by atoms with van der Waals surface area (Å²) in [4.78, 5) is 11.9. The minimum Gasteiger partial charge on any atom is -0.299 e. The minimum atomic E-state index is -2.49. The molecule has 0 amide bonds. The lowest BCUT2D eigenvalue weighted by molar-refractivity contribution is -0.174. The van der Waals surface area contributed by atoms with Crippen LogP contribution in [0.5, 0.6) is 0 Å². The highest BCUT2D eigenvalue weighted by atomic mass is 19.3. The number of carbonyl (C=O) groups is 1. The second-order valence-corrected chi connectivity index (χ2v) is 5.90. The molecular formula is C11H10F2O. The van der Waals surface area contributed by atoms with E-state index in [4.69, 9.17) is 0 Å².